The molecule has 0 unspecified atom stereocenters. The van der Waals surface area contributed by atoms with E-state index in [0.717, 1.165) is 32.7 Å². The van der Waals surface area contributed by atoms with Crippen LogP contribution in [0.15, 0.2) is 6.20 Å². The molecule has 0 aromatic carbocycles. The summed E-state index contributed by atoms with van der Waals surface area (Å²) >= 11 is 1.56. The summed E-state index contributed by atoms with van der Waals surface area (Å²) in [5.41, 5.74) is 0. The van der Waals surface area contributed by atoms with E-state index in [9.17, 15) is 4.79 Å². The molecular weight excluding hydrogens is 236 g/mol. The van der Waals surface area contributed by atoms with E-state index in [4.69, 9.17) is 0 Å². The first-order valence-corrected chi connectivity index (χ1v) is 6.71. The van der Waals surface area contributed by atoms with Gasteiger partial charge in [0.15, 0.2) is 5.13 Å². The van der Waals surface area contributed by atoms with E-state index in [0.29, 0.717) is 5.13 Å². The molecule has 0 radical (unpaired) electrons. The molecule has 0 saturated carbocycles. The van der Waals surface area contributed by atoms with Gasteiger partial charge in [0.1, 0.15) is 0 Å². The van der Waals surface area contributed by atoms with Gasteiger partial charge in [0.05, 0.1) is 0 Å². The summed E-state index contributed by atoms with van der Waals surface area (Å²) in [4.78, 5) is 18.7. The predicted octanol–water partition coefficient (Wildman–Crippen LogP) is 0.897. The average molecular weight is 254 g/mol. The Bertz CT molecular complexity index is 371. The summed E-state index contributed by atoms with van der Waals surface area (Å²) in [6.07, 6.45) is 3.05. The van der Waals surface area contributed by atoms with E-state index >= 15 is 0 Å². The van der Waals surface area contributed by atoms with Crippen molar-refractivity contribution in [2.45, 2.75) is 19.9 Å². The minimum atomic E-state index is -0.0649. The topological polar surface area (TPSA) is 57.3 Å². The molecule has 0 aliphatic carbocycles. The quantitative estimate of drug-likeness (QED) is 0.841. The van der Waals surface area contributed by atoms with Crippen LogP contribution < -0.4 is 10.6 Å². The molecule has 1 aliphatic heterocycles. The van der Waals surface area contributed by atoms with Gasteiger partial charge in [0, 0.05) is 37.6 Å². The summed E-state index contributed by atoms with van der Waals surface area (Å²) < 4.78 is 0. The maximum Gasteiger partial charge on any atom is 0.223 e. The van der Waals surface area contributed by atoms with Crippen molar-refractivity contribution in [1.82, 2.24) is 15.2 Å². The molecule has 6 heteroatoms. The Balaban J connectivity index is 1.89. The molecule has 94 valence electrons. The van der Waals surface area contributed by atoms with Crippen LogP contribution in [-0.4, -0.2) is 42.0 Å². The van der Waals surface area contributed by atoms with Crippen molar-refractivity contribution in [2.75, 3.05) is 31.5 Å². The molecule has 0 atom stereocenters. The van der Waals surface area contributed by atoms with Crippen molar-refractivity contribution in [3.05, 3.63) is 11.1 Å². The van der Waals surface area contributed by atoms with Gasteiger partial charge >= 0.3 is 0 Å². The number of nitrogens with zero attached hydrogens (tertiary/aromatic N) is 2. The molecule has 1 saturated heterocycles. The van der Waals surface area contributed by atoms with E-state index in [1.54, 1.807) is 11.3 Å². The second-order valence-electron chi connectivity index (χ2n) is 4.19. The minimum Gasteiger partial charge on any atom is -0.315 e. The van der Waals surface area contributed by atoms with Gasteiger partial charge in [0.25, 0.3) is 0 Å². The molecule has 1 aromatic heterocycles. The number of carbonyl (C=O) groups excluding carboxylic acids is 1. The van der Waals surface area contributed by atoms with Gasteiger partial charge in [0.2, 0.25) is 5.91 Å². The number of hydrogen-bond acceptors (Lipinski definition) is 5. The molecule has 1 fully saturated rings. The number of carbonyl (C=O) groups is 1. The fourth-order valence-corrected chi connectivity index (χ4v) is 2.77. The summed E-state index contributed by atoms with van der Waals surface area (Å²) in [5.74, 6) is -0.0649. The van der Waals surface area contributed by atoms with Gasteiger partial charge in [-0.1, -0.05) is 0 Å². The first-order chi connectivity index (χ1) is 8.24. The number of thiazole rings is 1. The van der Waals surface area contributed by atoms with Gasteiger partial charge in [-0.05, 0) is 19.5 Å². The van der Waals surface area contributed by atoms with Crippen LogP contribution in [-0.2, 0) is 11.3 Å². The molecule has 0 spiro atoms. The van der Waals surface area contributed by atoms with Gasteiger partial charge < -0.3 is 10.6 Å². The van der Waals surface area contributed by atoms with E-state index in [2.05, 4.69) is 20.5 Å². The maximum absolute atomic E-state index is 10.9. The Kier molecular flexibility index (Phi) is 4.47. The van der Waals surface area contributed by atoms with Crippen molar-refractivity contribution in [3.8, 4) is 0 Å². The third-order valence-electron chi connectivity index (χ3n) is 2.65. The van der Waals surface area contributed by atoms with Crippen molar-refractivity contribution < 1.29 is 4.79 Å². The van der Waals surface area contributed by atoms with Crippen molar-refractivity contribution >= 4 is 22.4 Å². The second-order valence-corrected chi connectivity index (χ2v) is 5.31. The lowest BCUT2D eigenvalue weighted by atomic mass is 10.4. The van der Waals surface area contributed by atoms with Gasteiger partial charge in [-0.25, -0.2) is 4.98 Å². The Morgan fingerprint density at radius 3 is 3.29 bits per heavy atom. The number of amides is 1. The second kappa shape index (κ2) is 6.09. The zero-order valence-corrected chi connectivity index (χ0v) is 10.8. The van der Waals surface area contributed by atoms with Crippen LogP contribution in [0.2, 0.25) is 0 Å². The Hall–Kier alpha value is -0.980. The summed E-state index contributed by atoms with van der Waals surface area (Å²) in [7, 11) is 0. The van der Waals surface area contributed by atoms with Crippen LogP contribution in [0.1, 0.15) is 18.2 Å². The normalized spacial score (nSPS) is 17.7. The molecular formula is C11H18N4OS. The highest BCUT2D eigenvalue weighted by atomic mass is 32.1. The van der Waals surface area contributed by atoms with Crippen LogP contribution in [0.25, 0.3) is 0 Å². The van der Waals surface area contributed by atoms with E-state index < -0.39 is 0 Å². The zero-order valence-electron chi connectivity index (χ0n) is 10.0. The zero-order chi connectivity index (χ0) is 12.1. The third kappa shape index (κ3) is 4.07. The van der Waals surface area contributed by atoms with Gasteiger partial charge in [-0.3, -0.25) is 9.69 Å². The number of nitrogens with one attached hydrogen (secondary N) is 2. The highest BCUT2D eigenvalue weighted by molar-refractivity contribution is 7.15. The molecule has 17 heavy (non-hydrogen) atoms. The first-order valence-electron chi connectivity index (χ1n) is 5.89. The molecule has 1 amide bonds. The molecule has 1 aliphatic rings. The smallest absolute Gasteiger partial charge is 0.223 e. The molecule has 2 heterocycles. The molecule has 2 rings (SSSR count). The highest BCUT2D eigenvalue weighted by Gasteiger charge is 2.11. The number of rotatable bonds is 3. The lowest BCUT2D eigenvalue weighted by molar-refractivity contribution is -0.114. The Morgan fingerprint density at radius 1 is 1.59 bits per heavy atom. The summed E-state index contributed by atoms with van der Waals surface area (Å²) in [6.45, 7) is 6.79. The lowest BCUT2D eigenvalue weighted by Crippen LogP contribution is -2.27. The van der Waals surface area contributed by atoms with Crippen molar-refractivity contribution in [1.29, 1.82) is 0 Å². The molecule has 1 aromatic rings. The molecule has 2 N–H and O–H groups in total. The van der Waals surface area contributed by atoms with Crippen molar-refractivity contribution in [2.24, 2.45) is 0 Å². The standard InChI is InChI=1S/C11H18N4OS/c1-9(16)14-11-13-7-10(17-11)8-15-5-2-3-12-4-6-15/h7,12H,2-6,8H2,1H3,(H,13,14,16). The predicted molar refractivity (Wildman–Crippen MR) is 69.2 cm³/mol. The van der Waals surface area contributed by atoms with Crippen LogP contribution >= 0.6 is 11.3 Å². The van der Waals surface area contributed by atoms with E-state index in [1.807, 2.05) is 6.20 Å². The summed E-state index contributed by atoms with van der Waals surface area (Å²) in [6, 6.07) is 0. The Labute approximate surface area is 105 Å². The fraction of sp³-hybridized carbons (Fsp3) is 0.636. The minimum absolute atomic E-state index is 0.0649. The average Bonchev–Trinajstić information content (AvgIpc) is 2.54. The SMILES string of the molecule is CC(=O)Nc1ncc(CN2CCCNCC2)s1. The first kappa shape index (κ1) is 12.5. The van der Waals surface area contributed by atoms with E-state index in [1.165, 1.54) is 18.2 Å². The number of anilines is 1. The van der Waals surface area contributed by atoms with Crippen LogP contribution in [0.5, 0.6) is 0 Å². The fourth-order valence-electron chi connectivity index (χ4n) is 1.87. The largest absolute Gasteiger partial charge is 0.315 e. The van der Waals surface area contributed by atoms with E-state index in [-0.39, 0.29) is 5.91 Å². The van der Waals surface area contributed by atoms with Gasteiger partial charge in [-0.15, -0.1) is 11.3 Å². The highest BCUT2D eigenvalue weighted by Crippen LogP contribution is 2.19. The van der Waals surface area contributed by atoms with Crippen LogP contribution in [0, 0.1) is 0 Å². The van der Waals surface area contributed by atoms with Crippen LogP contribution in [0.4, 0.5) is 5.13 Å². The lowest BCUT2D eigenvalue weighted by Gasteiger charge is -2.17. The molecule has 0 bridgehead atoms. The number of aromatic nitrogens is 1. The molecule has 5 nitrogen and oxygen atoms in total. The van der Waals surface area contributed by atoms with Gasteiger partial charge in [-0.2, -0.15) is 0 Å². The Morgan fingerprint density at radius 2 is 2.47 bits per heavy atom. The van der Waals surface area contributed by atoms with Crippen LogP contribution in [0.3, 0.4) is 0 Å². The van der Waals surface area contributed by atoms with Crippen molar-refractivity contribution in [3.63, 3.8) is 0 Å². The monoisotopic (exact) mass is 254 g/mol. The summed E-state index contributed by atoms with van der Waals surface area (Å²) in [5, 5.41) is 6.79. The number of hydrogen-bond donors (Lipinski definition) is 2. The maximum atomic E-state index is 10.9. The third-order valence-corrected chi connectivity index (χ3v) is 3.55.